The van der Waals surface area contributed by atoms with Crippen LogP contribution in [-0.4, -0.2) is 23.2 Å². The second kappa shape index (κ2) is 7.00. The molecule has 10 heteroatoms. The van der Waals surface area contributed by atoms with Crippen molar-refractivity contribution < 1.29 is 12.8 Å². The molecule has 0 radical (unpaired) electrons. The second-order valence-corrected chi connectivity index (χ2v) is 9.39. The quantitative estimate of drug-likeness (QED) is 0.636. The average Bonchev–Trinajstić information content (AvgIpc) is 3.51. The number of nitrogens with one attached hydrogen (secondary N) is 2. The Morgan fingerprint density at radius 1 is 1.21 bits per heavy atom. The number of aromatic nitrogens is 2. The van der Waals surface area contributed by atoms with Gasteiger partial charge in [-0.3, -0.25) is 9.52 Å². The molecular weight excluding hydrogens is 419 g/mol. The average molecular weight is 437 g/mol. The first-order valence-electron chi connectivity index (χ1n) is 8.90. The Balaban J connectivity index is 1.76. The Labute approximate surface area is 171 Å². The zero-order chi connectivity index (χ0) is 20.9. The molecular formula is C19H18ClFN4O3S. The van der Waals surface area contributed by atoms with Crippen molar-refractivity contribution in [3.05, 3.63) is 57.3 Å². The van der Waals surface area contributed by atoms with Crippen molar-refractivity contribution in [3.8, 4) is 0 Å². The number of hydrogen-bond acceptors (Lipinski definition) is 5. The summed E-state index contributed by atoms with van der Waals surface area (Å²) in [5, 5.41) is 2.78. The number of aryl methyl sites for hydroxylation is 2. The number of nitrogens with zero attached hydrogens (tertiary/aromatic N) is 2. The van der Waals surface area contributed by atoms with E-state index in [0.717, 1.165) is 6.07 Å². The molecule has 2 N–H and O–H groups in total. The molecule has 1 aliphatic rings. The molecule has 1 aliphatic carbocycles. The minimum absolute atomic E-state index is 0.0779. The number of fused-ring (bicyclic) bond motifs is 1. The minimum atomic E-state index is -3.55. The molecule has 7 nitrogen and oxygen atoms in total. The van der Waals surface area contributed by atoms with Crippen molar-refractivity contribution in [2.75, 3.05) is 10.0 Å². The van der Waals surface area contributed by atoms with Gasteiger partial charge in [0.05, 0.1) is 38.9 Å². The van der Waals surface area contributed by atoms with Crippen LogP contribution in [0.2, 0.25) is 5.02 Å². The smallest absolute Gasteiger partial charge is 0.261 e. The highest BCUT2D eigenvalue weighted by Crippen LogP contribution is 2.38. The number of anilines is 3. The molecule has 0 amide bonds. The third-order valence-electron chi connectivity index (χ3n) is 4.91. The SMILES string of the molecule is Cc1c(Nc2c(F)ccc(NS(=O)(=O)C3CC3)c2Cl)ccc2ncn(C)c(=O)c12. The van der Waals surface area contributed by atoms with Gasteiger partial charge in [0.2, 0.25) is 10.0 Å². The second-order valence-electron chi connectivity index (χ2n) is 7.05. The van der Waals surface area contributed by atoms with Crippen LogP contribution in [0, 0.1) is 12.7 Å². The lowest BCUT2D eigenvalue weighted by molar-refractivity contribution is 0.600. The highest BCUT2D eigenvalue weighted by Gasteiger charge is 2.36. The summed E-state index contributed by atoms with van der Waals surface area (Å²) in [6, 6.07) is 5.74. The van der Waals surface area contributed by atoms with Gasteiger partial charge < -0.3 is 9.88 Å². The summed E-state index contributed by atoms with van der Waals surface area (Å²) in [5.74, 6) is -0.650. The van der Waals surface area contributed by atoms with Crippen LogP contribution in [0.3, 0.4) is 0 Å². The fourth-order valence-electron chi connectivity index (χ4n) is 3.08. The van der Waals surface area contributed by atoms with Gasteiger partial charge in [0, 0.05) is 12.7 Å². The Morgan fingerprint density at radius 2 is 1.90 bits per heavy atom. The molecule has 29 heavy (non-hydrogen) atoms. The maximum Gasteiger partial charge on any atom is 0.261 e. The predicted molar refractivity (Wildman–Crippen MR) is 112 cm³/mol. The van der Waals surface area contributed by atoms with Gasteiger partial charge >= 0.3 is 0 Å². The van der Waals surface area contributed by atoms with Crippen molar-refractivity contribution in [3.63, 3.8) is 0 Å². The molecule has 4 rings (SSSR count). The summed E-state index contributed by atoms with van der Waals surface area (Å²) >= 11 is 6.31. The third kappa shape index (κ3) is 3.56. The monoisotopic (exact) mass is 436 g/mol. The van der Waals surface area contributed by atoms with Gasteiger partial charge in [-0.05, 0) is 49.6 Å². The zero-order valence-electron chi connectivity index (χ0n) is 15.7. The lowest BCUT2D eigenvalue weighted by Crippen LogP contribution is -2.18. The van der Waals surface area contributed by atoms with Crippen molar-refractivity contribution in [2.24, 2.45) is 7.05 Å². The topological polar surface area (TPSA) is 93.1 Å². The predicted octanol–water partition coefficient (Wildman–Crippen LogP) is 3.68. The number of benzene rings is 2. The van der Waals surface area contributed by atoms with Gasteiger partial charge in [0.25, 0.3) is 5.56 Å². The van der Waals surface area contributed by atoms with Crippen LogP contribution in [0.25, 0.3) is 10.9 Å². The Hall–Kier alpha value is -2.65. The van der Waals surface area contributed by atoms with Crippen LogP contribution >= 0.6 is 11.6 Å². The van der Waals surface area contributed by atoms with Gasteiger partial charge in [-0.1, -0.05) is 11.6 Å². The molecule has 3 aromatic rings. The fourth-order valence-corrected chi connectivity index (χ4v) is 4.79. The van der Waals surface area contributed by atoms with Gasteiger partial charge in [-0.25, -0.2) is 17.8 Å². The number of sulfonamides is 1. The highest BCUT2D eigenvalue weighted by atomic mass is 35.5. The lowest BCUT2D eigenvalue weighted by atomic mass is 10.1. The minimum Gasteiger partial charge on any atom is -0.352 e. The van der Waals surface area contributed by atoms with E-state index in [4.69, 9.17) is 11.6 Å². The van der Waals surface area contributed by atoms with Crippen LogP contribution in [0.1, 0.15) is 18.4 Å². The largest absolute Gasteiger partial charge is 0.352 e. The van der Waals surface area contributed by atoms with E-state index in [-0.39, 0.29) is 22.0 Å². The van der Waals surface area contributed by atoms with E-state index in [1.807, 2.05) is 0 Å². The van der Waals surface area contributed by atoms with Crippen LogP contribution in [-0.2, 0) is 17.1 Å². The molecule has 1 heterocycles. The molecule has 152 valence electrons. The Morgan fingerprint density at radius 3 is 2.59 bits per heavy atom. The van der Waals surface area contributed by atoms with Crippen molar-refractivity contribution in [1.29, 1.82) is 0 Å². The summed E-state index contributed by atoms with van der Waals surface area (Å²) in [4.78, 5) is 16.7. The molecule has 0 spiro atoms. The molecule has 0 unspecified atom stereocenters. The molecule has 1 saturated carbocycles. The third-order valence-corrected chi connectivity index (χ3v) is 7.16. The van der Waals surface area contributed by atoms with E-state index in [1.54, 1.807) is 26.1 Å². The number of halogens is 2. The number of hydrogen-bond donors (Lipinski definition) is 2. The van der Waals surface area contributed by atoms with Gasteiger partial charge in [-0.15, -0.1) is 0 Å². The normalized spacial score (nSPS) is 14.2. The van der Waals surface area contributed by atoms with Crippen LogP contribution in [0.15, 0.2) is 35.4 Å². The highest BCUT2D eigenvalue weighted by molar-refractivity contribution is 7.93. The fraction of sp³-hybridized carbons (Fsp3) is 0.263. The van der Waals surface area contributed by atoms with Crippen LogP contribution in [0.5, 0.6) is 0 Å². The standard InChI is InChI=1S/C19H18ClFN4O3S/c1-10-13(7-8-14-16(10)19(26)25(2)9-22-14)23-18-12(21)5-6-15(17(18)20)24-29(27,28)11-3-4-11/h5-9,11,23-24H,3-4H2,1-2H3. The summed E-state index contributed by atoms with van der Waals surface area (Å²) in [5.41, 5.74) is 1.35. The van der Waals surface area contributed by atoms with Crippen molar-refractivity contribution in [2.45, 2.75) is 25.0 Å². The summed E-state index contributed by atoms with van der Waals surface area (Å²) in [6.45, 7) is 1.72. The van der Waals surface area contributed by atoms with E-state index in [2.05, 4.69) is 15.0 Å². The zero-order valence-corrected chi connectivity index (χ0v) is 17.2. The number of rotatable bonds is 5. The molecule has 0 bridgehead atoms. The summed E-state index contributed by atoms with van der Waals surface area (Å²) in [6.07, 6.45) is 2.63. The van der Waals surface area contributed by atoms with Crippen molar-refractivity contribution >= 4 is 49.6 Å². The van der Waals surface area contributed by atoms with E-state index >= 15 is 0 Å². The van der Waals surface area contributed by atoms with Crippen molar-refractivity contribution in [1.82, 2.24) is 9.55 Å². The molecule has 1 fully saturated rings. The first kappa shape index (κ1) is 19.7. The molecule has 1 aromatic heterocycles. The summed E-state index contributed by atoms with van der Waals surface area (Å²) in [7, 11) is -1.95. The van der Waals surface area contributed by atoms with Crippen LogP contribution in [0.4, 0.5) is 21.5 Å². The summed E-state index contributed by atoms with van der Waals surface area (Å²) < 4.78 is 42.7. The van der Waals surface area contributed by atoms with Gasteiger partial charge in [-0.2, -0.15) is 0 Å². The van der Waals surface area contributed by atoms with E-state index in [0.29, 0.717) is 35.0 Å². The molecule has 0 saturated heterocycles. The molecule has 2 aromatic carbocycles. The first-order chi connectivity index (χ1) is 13.7. The molecule has 0 aliphatic heterocycles. The first-order valence-corrected chi connectivity index (χ1v) is 10.8. The Kier molecular flexibility index (Phi) is 4.74. The van der Waals surface area contributed by atoms with Gasteiger partial charge in [0.1, 0.15) is 5.82 Å². The van der Waals surface area contributed by atoms with Gasteiger partial charge in [0.15, 0.2) is 0 Å². The maximum absolute atomic E-state index is 14.5. The lowest BCUT2D eigenvalue weighted by Gasteiger charge is -2.16. The Bertz CT molecular complexity index is 1300. The van der Waals surface area contributed by atoms with E-state index in [1.165, 1.54) is 17.0 Å². The van der Waals surface area contributed by atoms with E-state index in [9.17, 15) is 17.6 Å². The van der Waals surface area contributed by atoms with E-state index < -0.39 is 21.1 Å². The molecule has 0 atom stereocenters. The van der Waals surface area contributed by atoms with Crippen LogP contribution < -0.4 is 15.6 Å². The maximum atomic E-state index is 14.5.